The molecule has 0 aliphatic carbocycles. The number of carbonyl (C=O) groups is 1. The Hall–Kier alpha value is -3.19. The molecule has 1 aromatic heterocycles. The van der Waals surface area contributed by atoms with Crippen molar-refractivity contribution in [2.45, 2.75) is 6.42 Å². The van der Waals surface area contributed by atoms with Gasteiger partial charge >= 0.3 is 0 Å². The third kappa shape index (κ3) is 4.02. The molecule has 0 fully saturated rings. The van der Waals surface area contributed by atoms with Gasteiger partial charge in [-0.2, -0.15) is 0 Å². The number of halogens is 1. The van der Waals surface area contributed by atoms with Gasteiger partial charge in [-0.3, -0.25) is 14.9 Å². The van der Waals surface area contributed by atoms with E-state index in [1.807, 2.05) is 30.3 Å². The SMILES string of the molecule is O=C(Cc1cc(-c2ccccc2)on1)Nc1ccc(Cl)c([N+](=O)[O-])c1. The van der Waals surface area contributed by atoms with Crippen LogP contribution in [0, 0.1) is 10.1 Å². The van der Waals surface area contributed by atoms with E-state index in [-0.39, 0.29) is 28.7 Å². The second-order valence-electron chi connectivity index (χ2n) is 5.20. The molecule has 2 aromatic carbocycles. The van der Waals surface area contributed by atoms with Crippen LogP contribution in [0.4, 0.5) is 11.4 Å². The molecule has 0 unspecified atom stereocenters. The molecule has 1 heterocycles. The van der Waals surface area contributed by atoms with Gasteiger partial charge < -0.3 is 9.84 Å². The highest BCUT2D eigenvalue weighted by Crippen LogP contribution is 2.27. The molecule has 7 nitrogen and oxygen atoms in total. The molecule has 1 N–H and O–H groups in total. The number of nitrogens with zero attached hydrogens (tertiary/aromatic N) is 2. The number of rotatable bonds is 5. The quantitative estimate of drug-likeness (QED) is 0.548. The normalized spacial score (nSPS) is 10.4. The zero-order valence-electron chi connectivity index (χ0n) is 12.8. The van der Waals surface area contributed by atoms with Crippen LogP contribution in [0.1, 0.15) is 5.69 Å². The Morgan fingerprint density at radius 1 is 1.20 bits per heavy atom. The number of hydrogen-bond donors (Lipinski definition) is 1. The van der Waals surface area contributed by atoms with Crippen LogP contribution in [0.5, 0.6) is 0 Å². The first kappa shape index (κ1) is 16.7. The van der Waals surface area contributed by atoms with E-state index in [0.717, 1.165) is 5.56 Å². The van der Waals surface area contributed by atoms with Crippen LogP contribution in [-0.2, 0) is 11.2 Å². The van der Waals surface area contributed by atoms with Gasteiger partial charge in [0.25, 0.3) is 5.69 Å². The largest absolute Gasteiger partial charge is 0.356 e. The van der Waals surface area contributed by atoms with Crippen LogP contribution >= 0.6 is 11.6 Å². The third-order valence-corrected chi connectivity index (χ3v) is 3.71. The van der Waals surface area contributed by atoms with Crippen molar-refractivity contribution in [2.75, 3.05) is 5.32 Å². The fourth-order valence-electron chi connectivity index (χ4n) is 2.23. The van der Waals surface area contributed by atoms with E-state index in [9.17, 15) is 14.9 Å². The lowest BCUT2D eigenvalue weighted by Gasteiger charge is -2.04. The summed E-state index contributed by atoms with van der Waals surface area (Å²) in [7, 11) is 0. The first-order chi connectivity index (χ1) is 12.0. The van der Waals surface area contributed by atoms with Crippen molar-refractivity contribution < 1.29 is 14.2 Å². The lowest BCUT2D eigenvalue weighted by atomic mass is 10.1. The maximum Gasteiger partial charge on any atom is 0.289 e. The molecule has 0 saturated heterocycles. The van der Waals surface area contributed by atoms with E-state index < -0.39 is 4.92 Å². The van der Waals surface area contributed by atoms with E-state index in [1.54, 1.807) is 6.07 Å². The minimum Gasteiger partial charge on any atom is -0.356 e. The van der Waals surface area contributed by atoms with Crippen LogP contribution in [-0.4, -0.2) is 16.0 Å². The van der Waals surface area contributed by atoms with Gasteiger partial charge in [0.05, 0.1) is 17.0 Å². The molecule has 0 bridgehead atoms. The molecular weight excluding hydrogens is 346 g/mol. The fourth-order valence-corrected chi connectivity index (χ4v) is 2.42. The second-order valence-corrected chi connectivity index (χ2v) is 5.60. The Morgan fingerprint density at radius 3 is 2.68 bits per heavy atom. The lowest BCUT2D eigenvalue weighted by Crippen LogP contribution is -2.14. The van der Waals surface area contributed by atoms with E-state index in [1.165, 1.54) is 18.2 Å². The van der Waals surface area contributed by atoms with Crippen molar-refractivity contribution in [1.82, 2.24) is 5.16 Å². The number of aromatic nitrogens is 1. The molecule has 3 aromatic rings. The van der Waals surface area contributed by atoms with Gasteiger partial charge in [0.2, 0.25) is 5.91 Å². The van der Waals surface area contributed by atoms with Crippen molar-refractivity contribution in [3.05, 3.63) is 75.4 Å². The summed E-state index contributed by atoms with van der Waals surface area (Å²) >= 11 is 5.74. The smallest absolute Gasteiger partial charge is 0.289 e. The predicted octanol–water partition coefficient (Wildman–Crippen LogP) is 4.08. The molecule has 1 amide bonds. The Balaban J connectivity index is 1.68. The number of nitro groups is 1. The van der Waals surface area contributed by atoms with E-state index in [4.69, 9.17) is 16.1 Å². The van der Waals surface area contributed by atoms with Gasteiger partial charge in [-0.1, -0.05) is 47.1 Å². The van der Waals surface area contributed by atoms with E-state index in [2.05, 4.69) is 10.5 Å². The Morgan fingerprint density at radius 2 is 1.96 bits per heavy atom. The monoisotopic (exact) mass is 357 g/mol. The zero-order valence-corrected chi connectivity index (χ0v) is 13.6. The van der Waals surface area contributed by atoms with Gasteiger partial charge in [-0.15, -0.1) is 0 Å². The molecule has 0 spiro atoms. The highest BCUT2D eigenvalue weighted by molar-refractivity contribution is 6.32. The molecule has 25 heavy (non-hydrogen) atoms. The van der Waals surface area contributed by atoms with Crippen LogP contribution in [0.2, 0.25) is 5.02 Å². The Bertz CT molecular complexity index is 925. The van der Waals surface area contributed by atoms with E-state index >= 15 is 0 Å². The number of amides is 1. The Kier molecular flexibility index (Phi) is 4.76. The number of benzene rings is 2. The molecule has 0 aliphatic rings. The van der Waals surface area contributed by atoms with Crippen molar-refractivity contribution in [3.63, 3.8) is 0 Å². The number of anilines is 1. The van der Waals surface area contributed by atoms with Gasteiger partial charge in [-0.05, 0) is 12.1 Å². The minimum atomic E-state index is -0.609. The van der Waals surface area contributed by atoms with Crippen molar-refractivity contribution >= 4 is 28.9 Å². The average molecular weight is 358 g/mol. The summed E-state index contributed by atoms with van der Waals surface area (Å²) in [4.78, 5) is 22.4. The van der Waals surface area contributed by atoms with Gasteiger partial charge in [0.1, 0.15) is 5.02 Å². The fraction of sp³-hybridized carbons (Fsp3) is 0.0588. The molecule has 8 heteroatoms. The number of nitro benzene ring substituents is 1. The molecule has 126 valence electrons. The molecule has 0 aliphatic heterocycles. The first-order valence-electron chi connectivity index (χ1n) is 7.28. The summed E-state index contributed by atoms with van der Waals surface area (Å²) in [6.07, 6.45) is -0.0211. The highest BCUT2D eigenvalue weighted by atomic mass is 35.5. The van der Waals surface area contributed by atoms with Crippen LogP contribution in [0.15, 0.2) is 59.1 Å². The summed E-state index contributed by atoms with van der Waals surface area (Å²) in [5.74, 6) is 0.190. The standard InChI is InChI=1S/C17H12ClN3O4/c18-14-7-6-12(8-15(14)21(23)24)19-17(22)10-13-9-16(25-20-13)11-4-2-1-3-5-11/h1-9H,10H2,(H,19,22). The first-order valence-corrected chi connectivity index (χ1v) is 7.65. The van der Waals surface area contributed by atoms with Crippen molar-refractivity contribution in [3.8, 4) is 11.3 Å². The van der Waals surface area contributed by atoms with Crippen LogP contribution in [0.25, 0.3) is 11.3 Å². The zero-order chi connectivity index (χ0) is 17.8. The lowest BCUT2D eigenvalue weighted by molar-refractivity contribution is -0.384. The Labute approximate surface area is 147 Å². The number of carbonyl (C=O) groups excluding carboxylic acids is 1. The maximum atomic E-state index is 12.1. The number of nitrogens with one attached hydrogen (secondary N) is 1. The van der Waals surface area contributed by atoms with Crippen molar-refractivity contribution in [2.24, 2.45) is 0 Å². The molecule has 0 radical (unpaired) electrons. The summed E-state index contributed by atoms with van der Waals surface area (Å²) in [5, 5.41) is 17.3. The molecule has 3 rings (SSSR count). The molecule has 0 saturated carbocycles. The second kappa shape index (κ2) is 7.14. The average Bonchev–Trinajstić information content (AvgIpc) is 3.05. The third-order valence-electron chi connectivity index (χ3n) is 3.39. The molecular formula is C17H12ClN3O4. The summed E-state index contributed by atoms with van der Waals surface area (Å²) < 4.78 is 5.23. The van der Waals surface area contributed by atoms with Crippen molar-refractivity contribution in [1.29, 1.82) is 0 Å². The minimum absolute atomic E-state index is 0.00648. The van der Waals surface area contributed by atoms with E-state index in [0.29, 0.717) is 11.5 Å². The summed E-state index contributed by atoms with van der Waals surface area (Å²) in [6, 6.07) is 15.1. The number of hydrogen-bond acceptors (Lipinski definition) is 5. The molecule has 0 atom stereocenters. The van der Waals surface area contributed by atoms with Crippen LogP contribution in [0.3, 0.4) is 0 Å². The highest BCUT2D eigenvalue weighted by Gasteiger charge is 2.15. The van der Waals surface area contributed by atoms with Gasteiger partial charge in [-0.25, -0.2) is 0 Å². The summed E-state index contributed by atoms with van der Waals surface area (Å²) in [5.41, 5.74) is 1.33. The summed E-state index contributed by atoms with van der Waals surface area (Å²) in [6.45, 7) is 0. The topological polar surface area (TPSA) is 98.3 Å². The van der Waals surface area contributed by atoms with Gasteiger partial charge in [0, 0.05) is 23.4 Å². The van der Waals surface area contributed by atoms with Gasteiger partial charge in [0.15, 0.2) is 5.76 Å². The van der Waals surface area contributed by atoms with Crippen LogP contribution < -0.4 is 5.32 Å². The maximum absolute atomic E-state index is 12.1. The predicted molar refractivity (Wildman–Crippen MR) is 92.4 cm³/mol.